The van der Waals surface area contributed by atoms with Crippen LogP contribution in [0, 0.1) is 13.8 Å². The van der Waals surface area contributed by atoms with Gasteiger partial charge in [-0.15, -0.1) is 0 Å². The van der Waals surface area contributed by atoms with Crippen molar-refractivity contribution in [2.45, 2.75) is 20.4 Å². The Bertz CT molecular complexity index is 835. The molecule has 0 atom stereocenters. The van der Waals surface area contributed by atoms with Gasteiger partial charge in [0.2, 0.25) is 0 Å². The highest BCUT2D eigenvalue weighted by Crippen LogP contribution is 2.21. The number of carbonyl (C=O) groups is 1. The molecular weight excluding hydrogens is 296 g/mol. The number of para-hydroxylation sites is 1. The standard InChI is InChI=1S/C21H22N2O/c1-16-14-20(21(24)22(3)19-12-8-5-9-13-19)17(2)23(16)15-18-10-6-4-7-11-18/h4-14H,15H2,1-3H3. The number of hydrogen-bond donors (Lipinski definition) is 0. The minimum absolute atomic E-state index is 0.0219. The van der Waals surface area contributed by atoms with E-state index in [1.54, 1.807) is 4.90 Å². The maximum Gasteiger partial charge on any atom is 0.259 e. The van der Waals surface area contributed by atoms with E-state index in [0.29, 0.717) is 0 Å². The van der Waals surface area contributed by atoms with Crippen molar-refractivity contribution in [1.29, 1.82) is 0 Å². The van der Waals surface area contributed by atoms with Crippen LogP contribution in [0.25, 0.3) is 0 Å². The van der Waals surface area contributed by atoms with E-state index in [1.165, 1.54) is 5.56 Å². The molecule has 1 aromatic heterocycles. The molecule has 0 saturated carbocycles. The van der Waals surface area contributed by atoms with Crippen LogP contribution in [-0.4, -0.2) is 17.5 Å². The van der Waals surface area contributed by atoms with Crippen LogP contribution in [0.2, 0.25) is 0 Å². The molecule has 0 aliphatic heterocycles. The summed E-state index contributed by atoms with van der Waals surface area (Å²) < 4.78 is 2.20. The summed E-state index contributed by atoms with van der Waals surface area (Å²) in [7, 11) is 1.82. The van der Waals surface area contributed by atoms with E-state index < -0.39 is 0 Å². The second kappa shape index (κ2) is 6.75. The second-order valence-corrected chi connectivity index (χ2v) is 6.06. The van der Waals surface area contributed by atoms with Gasteiger partial charge in [0.1, 0.15) is 0 Å². The molecule has 2 aromatic carbocycles. The maximum absolute atomic E-state index is 12.9. The van der Waals surface area contributed by atoms with Gasteiger partial charge in [-0.25, -0.2) is 0 Å². The predicted molar refractivity (Wildman–Crippen MR) is 98.6 cm³/mol. The average Bonchev–Trinajstić information content (AvgIpc) is 2.90. The minimum Gasteiger partial charge on any atom is -0.344 e. The van der Waals surface area contributed by atoms with Gasteiger partial charge in [-0.2, -0.15) is 0 Å². The van der Waals surface area contributed by atoms with Crippen molar-refractivity contribution in [3.05, 3.63) is 89.2 Å². The van der Waals surface area contributed by atoms with E-state index in [9.17, 15) is 4.79 Å². The number of anilines is 1. The lowest BCUT2D eigenvalue weighted by molar-refractivity contribution is 0.0992. The number of hydrogen-bond acceptors (Lipinski definition) is 1. The number of nitrogens with zero attached hydrogens (tertiary/aromatic N) is 2. The molecule has 3 nitrogen and oxygen atoms in total. The number of rotatable bonds is 4. The van der Waals surface area contributed by atoms with E-state index in [4.69, 9.17) is 0 Å². The Labute approximate surface area is 143 Å². The van der Waals surface area contributed by atoms with E-state index in [-0.39, 0.29) is 5.91 Å². The zero-order valence-electron chi connectivity index (χ0n) is 14.4. The molecule has 0 fully saturated rings. The Morgan fingerprint density at radius 2 is 1.54 bits per heavy atom. The first-order valence-electron chi connectivity index (χ1n) is 8.11. The Kier molecular flexibility index (Phi) is 4.52. The van der Waals surface area contributed by atoms with Crippen molar-refractivity contribution in [2.24, 2.45) is 0 Å². The third kappa shape index (κ3) is 3.11. The second-order valence-electron chi connectivity index (χ2n) is 6.06. The van der Waals surface area contributed by atoms with Crippen LogP contribution in [0.15, 0.2) is 66.7 Å². The molecule has 0 aliphatic rings. The van der Waals surface area contributed by atoms with E-state index in [0.717, 1.165) is 29.2 Å². The van der Waals surface area contributed by atoms with Crippen LogP contribution in [0.1, 0.15) is 27.3 Å². The van der Waals surface area contributed by atoms with E-state index in [2.05, 4.69) is 23.6 Å². The SMILES string of the molecule is Cc1cc(C(=O)N(C)c2ccccc2)c(C)n1Cc1ccccc1. The fraction of sp³-hybridized carbons (Fsp3) is 0.190. The monoisotopic (exact) mass is 318 g/mol. The molecule has 0 spiro atoms. The van der Waals surface area contributed by atoms with Gasteiger partial charge in [0.05, 0.1) is 5.56 Å². The summed E-state index contributed by atoms with van der Waals surface area (Å²) in [6.07, 6.45) is 0. The van der Waals surface area contributed by atoms with E-state index >= 15 is 0 Å². The molecule has 24 heavy (non-hydrogen) atoms. The van der Waals surface area contributed by atoms with E-state index in [1.807, 2.05) is 68.6 Å². The van der Waals surface area contributed by atoms with Crippen LogP contribution in [-0.2, 0) is 6.54 Å². The fourth-order valence-corrected chi connectivity index (χ4v) is 2.98. The minimum atomic E-state index is 0.0219. The highest BCUT2D eigenvalue weighted by molar-refractivity contribution is 6.06. The summed E-state index contributed by atoms with van der Waals surface area (Å²) in [4.78, 5) is 14.6. The molecule has 0 radical (unpaired) electrons. The molecule has 1 amide bonds. The zero-order valence-corrected chi connectivity index (χ0v) is 14.4. The van der Waals surface area contributed by atoms with Gasteiger partial charge >= 0.3 is 0 Å². The maximum atomic E-state index is 12.9. The summed E-state index contributed by atoms with van der Waals surface area (Å²) >= 11 is 0. The molecule has 0 aliphatic carbocycles. The highest BCUT2D eigenvalue weighted by Gasteiger charge is 2.19. The van der Waals surface area contributed by atoms with Gasteiger partial charge in [0.25, 0.3) is 5.91 Å². The molecule has 3 aromatic rings. The van der Waals surface area contributed by atoms with Gasteiger partial charge in [-0.3, -0.25) is 4.79 Å². The van der Waals surface area contributed by atoms with Crippen LogP contribution >= 0.6 is 0 Å². The average molecular weight is 318 g/mol. The fourth-order valence-electron chi connectivity index (χ4n) is 2.98. The summed E-state index contributed by atoms with van der Waals surface area (Å²) in [6.45, 7) is 4.85. The van der Waals surface area contributed by atoms with Crippen molar-refractivity contribution in [3.63, 3.8) is 0 Å². The van der Waals surface area contributed by atoms with Crippen LogP contribution < -0.4 is 4.90 Å². The van der Waals surface area contributed by atoms with Gasteiger partial charge in [-0.1, -0.05) is 48.5 Å². The number of benzene rings is 2. The molecule has 0 N–H and O–H groups in total. The van der Waals surface area contributed by atoms with Crippen molar-refractivity contribution in [2.75, 3.05) is 11.9 Å². The first kappa shape index (κ1) is 16.1. The summed E-state index contributed by atoms with van der Waals surface area (Å²) in [5, 5.41) is 0. The first-order valence-corrected chi connectivity index (χ1v) is 8.11. The molecule has 122 valence electrons. The highest BCUT2D eigenvalue weighted by atomic mass is 16.2. The van der Waals surface area contributed by atoms with Crippen LogP contribution in [0.3, 0.4) is 0 Å². The third-order valence-electron chi connectivity index (χ3n) is 4.44. The summed E-state index contributed by atoms with van der Waals surface area (Å²) in [5.74, 6) is 0.0219. The van der Waals surface area contributed by atoms with Gasteiger partial charge in [0.15, 0.2) is 0 Å². The lowest BCUT2D eigenvalue weighted by Crippen LogP contribution is -2.26. The van der Waals surface area contributed by atoms with Crippen LogP contribution in [0.4, 0.5) is 5.69 Å². The number of carbonyl (C=O) groups excluding carboxylic acids is 1. The van der Waals surface area contributed by atoms with Crippen molar-refractivity contribution in [1.82, 2.24) is 4.57 Å². The molecule has 3 rings (SSSR count). The smallest absolute Gasteiger partial charge is 0.259 e. The number of aryl methyl sites for hydroxylation is 1. The van der Waals surface area contributed by atoms with Gasteiger partial charge < -0.3 is 9.47 Å². The molecule has 1 heterocycles. The molecular formula is C21H22N2O. The quantitative estimate of drug-likeness (QED) is 0.698. The Hall–Kier alpha value is -2.81. The Morgan fingerprint density at radius 3 is 2.17 bits per heavy atom. The lowest BCUT2D eigenvalue weighted by Gasteiger charge is -2.17. The lowest BCUT2D eigenvalue weighted by atomic mass is 10.2. The third-order valence-corrected chi connectivity index (χ3v) is 4.44. The number of aromatic nitrogens is 1. The normalized spacial score (nSPS) is 10.6. The van der Waals surface area contributed by atoms with Crippen molar-refractivity contribution >= 4 is 11.6 Å². The predicted octanol–water partition coefficient (Wildman–Crippen LogP) is 4.43. The largest absolute Gasteiger partial charge is 0.344 e. The number of amides is 1. The first-order chi connectivity index (χ1) is 11.6. The Balaban J connectivity index is 1.90. The molecule has 0 saturated heterocycles. The summed E-state index contributed by atoms with van der Waals surface area (Å²) in [5.41, 5.74) is 4.99. The Morgan fingerprint density at radius 1 is 0.958 bits per heavy atom. The topological polar surface area (TPSA) is 25.2 Å². The van der Waals surface area contributed by atoms with Crippen LogP contribution in [0.5, 0.6) is 0 Å². The molecule has 0 bridgehead atoms. The van der Waals surface area contributed by atoms with Crippen molar-refractivity contribution < 1.29 is 4.79 Å². The van der Waals surface area contributed by atoms with Gasteiger partial charge in [0, 0.05) is 30.7 Å². The summed E-state index contributed by atoms with van der Waals surface area (Å²) in [6, 6.07) is 22.0. The molecule has 3 heteroatoms. The van der Waals surface area contributed by atoms with Gasteiger partial charge in [-0.05, 0) is 37.6 Å². The molecule has 0 unspecified atom stereocenters. The zero-order chi connectivity index (χ0) is 17.1. The van der Waals surface area contributed by atoms with Crippen molar-refractivity contribution in [3.8, 4) is 0 Å².